The molecule has 0 atom stereocenters. The summed E-state index contributed by atoms with van der Waals surface area (Å²) in [6, 6.07) is 5.75. The SMILES string of the molecule is Cc1nc2nc(N)nn2c(C)c1CC(=O)Nc1ccc2nc(C3CCC3)[nH]c2c1. The first-order valence-corrected chi connectivity index (χ1v) is 9.76. The van der Waals surface area contributed by atoms with Crippen LogP contribution in [0.1, 0.15) is 48.0 Å². The maximum atomic E-state index is 12.7. The maximum absolute atomic E-state index is 12.7. The van der Waals surface area contributed by atoms with E-state index < -0.39 is 0 Å². The van der Waals surface area contributed by atoms with E-state index in [0.29, 0.717) is 11.7 Å². The average molecular weight is 390 g/mol. The minimum Gasteiger partial charge on any atom is -0.366 e. The van der Waals surface area contributed by atoms with E-state index in [1.165, 1.54) is 19.3 Å². The molecular formula is C20H22N8O. The Kier molecular flexibility index (Phi) is 3.97. The second-order valence-corrected chi connectivity index (χ2v) is 7.65. The first-order valence-electron chi connectivity index (χ1n) is 9.76. The molecule has 0 saturated heterocycles. The highest BCUT2D eigenvalue weighted by Crippen LogP contribution is 2.35. The van der Waals surface area contributed by atoms with E-state index in [1.807, 2.05) is 32.0 Å². The normalized spacial score (nSPS) is 14.4. The molecule has 3 aromatic heterocycles. The number of aryl methyl sites for hydroxylation is 2. The molecule has 1 aliphatic rings. The Bertz CT molecular complexity index is 1250. The topological polar surface area (TPSA) is 127 Å². The highest BCUT2D eigenvalue weighted by molar-refractivity contribution is 5.94. The molecule has 1 fully saturated rings. The minimum atomic E-state index is -0.122. The van der Waals surface area contributed by atoms with Crippen molar-refractivity contribution in [2.45, 2.75) is 45.4 Å². The largest absolute Gasteiger partial charge is 0.366 e. The molecule has 1 amide bonds. The summed E-state index contributed by atoms with van der Waals surface area (Å²) in [6.45, 7) is 3.75. The van der Waals surface area contributed by atoms with Crippen LogP contribution < -0.4 is 11.1 Å². The molecule has 1 saturated carbocycles. The molecule has 0 unspecified atom stereocenters. The van der Waals surface area contributed by atoms with Crippen molar-refractivity contribution in [2.24, 2.45) is 0 Å². The van der Waals surface area contributed by atoms with Crippen molar-refractivity contribution in [1.82, 2.24) is 29.5 Å². The highest BCUT2D eigenvalue weighted by Gasteiger charge is 2.22. The van der Waals surface area contributed by atoms with Crippen molar-refractivity contribution in [3.05, 3.63) is 41.0 Å². The first kappa shape index (κ1) is 17.6. The molecule has 0 aliphatic heterocycles. The Labute approximate surface area is 166 Å². The number of rotatable bonds is 4. The van der Waals surface area contributed by atoms with Gasteiger partial charge in [-0.2, -0.15) is 9.50 Å². The molecule has 1 aliphatic carbocycles. The molecule has 4 N–H and O–H groups in total. The number of fused-ring (bicyclic) bond motifs is 2. The number of nitrogen functional groups attached to an aromatic ring is 1. The summed E-state index contributed by atoms with van der Waals surface area (Å²) in [5.74, 6) is 2.07. The van der Waals surface area contributed by atoms with Gasteiger partial charge in [-0.15, -0.1) is 5.10 Å². The Morgan fingerprint density at radius 2 is 2.10 bits per heavy atom. The van der Waals surface area contributed by atoms with Gasteiger partial charge in [0.2, 0.25) is 11.9 Å². The van der Waals surface area contributed by atoms with Crippen LogP contribution in [0.4, 0.5) is 11.6 Å². The van der Waals surface area contributed by atoms with Gasteiger partial charge in [-0.25, -0.2) is 9.97 Å². The quantitative estimate of drug-likeness (QED) is 0.492. The van der Waals surface area contributed by atoms with E-state index in [-0.39, 0.29) is 18.3 Å². The lowest BCUT2D eigenvalue weighted by Crippen LogP contribution is -2.17. The third kappa shape index (κ3) is 3.08. The summed E-state index contributed by atoms with van der Waals surface area (Å²) in [4.78, 5) is 29.3. The van der Waals surface area contributed by atoms with Gasteiger partial charge in [-0.05, 0) is 44.9 Å². The lowest BCUT2D eigenvalue weighted by molar-refractivity contribution is -0.115. The Hall–Kier alpha value is -3.49. The molecule has 0 bridgehead atoms. The molecule has 29 heavy (non-hydrogen) atoms. The Balaban J connectivity index is 1.37. The third-order valence-corrected chi connectivity index (χ3v) is 5.68. The molecule has 148 valence electrons. The van der Waals surface area contributed by atoms with Gasteiger partial charge in [0, 0.05) is 28.6 Å². The van der Waals surface area contributed by atoms with Gasteiger partial charge in [0.1, 0.15) is 5.82 Å². The number of carbonyl (C=O) groups excluding carboxylic acids is 1. The number of hydrogen-bond acceptors (Lipinski definition) is 6. The van der Waals surface area contributed by atoms with Crippen molar-refractivity contribution in [3.8, 4) is 0 Å². The Morgan fingerprint density at radius 3 is 2.86 bits per heavy atom. The van der Waals surface area contributed by atoms with Crippen molar-refractivity contribution in [2.75, 3.05) is 11.1 Å². The number of imidazole rings is 1. The maximum Gasteiger partial charge on any atom is 0.254 e. The standard InChI is InChI=1S/C20H22N8O/c1-10-14(11(2)28-20(22-10)26-19(21)27-28)9-17(29)23-13-6-7-15-16(8-13)25-18(24-15)12-4-3-5-12/h6-8,12H,3-5,9H2,1-2H3,(H2,21,27)(H,23,29)(H,24,25). The number of aromatic nitrogens is 6. The van der Waals surface area contributed by atoms with Crippen LogP contribution >= 0.6 is 0 Å². The average Bonchev–Trinajstić information content (AvgIpc) is 3.19. The van der Waals surface area contributed by atoms with Crippen LogP contribution in [0.5, 0.6) is 0 Å². The van der Waals surface area contributed by atoms with E-state index in [2.05, 4.69) is 30.4 Å². The third-order valence-electron chi connectivity index (χ3n) is 5.68. The van der Waals surface area contributed by atoms with Crippen LogP contribution in [0.2, 0.25) is 0 Å². The fourth-order valence-corrected chi connectivity index (χ4v) is 3.83. The zero-order chi connectivity index (χ0) is 20.1. The van der Waals surface area contributed by atoms with Crippen LogP contribution in [0.3, 0.4) is 0 Å². The predicted molar refractivity (Wildman–Crippen MR) is 110 cm³/mol. The highest BCUT2D eigenvalue weighted by atomic mass is 16.1. The zero-order valence-corrected chi connectivity index (χ0v) is 16.4. The molecule has 4 aromatic rings. The number of nitrogens with two attached hydrogens (primary N) is 1. The second-order valence-electron chi connectivity index (χ2n) is 7.65. The number of aromatic amines is 1. The summed E-state index contributed by atoms with van der Waals surface area (Å²) < 4.78 is 1.57. The molecular weight excluding hydrogens is 368 g/mol. The summed E-state index contributed by atoms with van der Waals surface area (Å²) in [5.41, 5.74) is 10.6. The van der Waals surface area contributed by atoms with E-state index in [0.717, 1.165) is 39.5 Å². The number of nitrogens with one attached hydrogen (secondary N) is 2. The van der Waals surface area contributed by atoms with Crippen molar-refractivity contribution in [3.63, 3.8) is 0 Å². The van der Waals surface area contributed by atoms with Crippen molar-refractivity contribution in [1.29, 1.82) is 0 Å². The fraction of sp³-hybridized carbons (Fsp3) is 0.350. The number of benzene rings is 1. The smallest absolute Gasteiger partial charge is 0.254 e. The number of hydrogen-bond donors (Lipinski definition) is 3. The van der Waals surface area contributed by atoms with Gasteiger partial charge < -0.3 is 16.0 Å². The van der Waals surface area contributed by atoms with Crippen LogP contribution in [-0.2, 0) is 11.2 Å². The Morgan fingerprint density at radius 1 is 1.28 bits per heavy atom. The minimum absolute atomic E-state index is 0.122. The predicted octanol–water partition coefficient (Wildman–Crippen LogP) is 2.65. The van der Waals surface area contributed by atoms with E-state index in [9.17, 15) is 4.79 Å². The fourth-order valence-electron chi connectivity index (χ4n) is 3.83. The van der Waals surface area contributed by atoms with Crippen LogP contribution in [0.15, 0.2) is 18.2 Å². The number of anilines is 2. The summed E-state index contributed by atoms with van der Waals surface area (Å²) >= 11 is 0. The molecule has 3 heterocycles. The summed E-state index contributed by atoms with van der Waals surface area (Å²) in [5, 5.41) is 7.12. The van der Waals surface area contributed by atoms with E-state index >= 15 is 0 Å². The van der Waals surface area contributed by atoms with Crippen LogP contribution in [0, 0.1) is 13.8 Å². The van der Waals surface area contributed by atoms with Gasteiger partial charge >= 0.3 is 0 Å². The molecule has 1 aromatic carbocycles. The van der Waals surface area contributed by atoms with E-state index in [4.69, 9.17) is 5.73 Å². The second kappa shape index (κ2) is 6.54. The molecule has 5 rings (SSSR count). The first-order chi connectivity index (χ1) is 14.0. The monoisotopic (exact) mass is 390 g/mol. The van der Waals surface area contributed by atoms with Gasteiger partial charge in [-0.3, -0.25) is 4.79 Å². The van der Waals surface area contributed by atoms with Gasteiger partial charge in [0.05, 0.1) is 17.5 Å². The van der Waals surface area contributed by atoms with Gasteiger partial charge in [-0.1, -0.05) is 6.42 Å². The van der Waals surface area contributed by atoms with Crippen LogP contribution in [0.25, 0.3) is 16.8 Å². The number of nitrogens with zero attached hydrogens (tertiary/aromatic N) is 5. The molecule has 9 nitrogen and oxygen atoms in total. The molecule has 0 spiro atoms. The molecule has 0 radical (unpaired) electrons. The number of amides is 1. The lowest BCUT2D eigenvalue weighted by atomic mass is 9.85. The van der Waals surface area contributed by atoms with Crippen molar-refractivity contribution >= 4 is 34.4 Å². The summed E-state index contributed by atoms with van der Waals surface area (Å²) in [7, 11) is 0. The van der Waals surface area contributed by atoms with Gasteiger partial charge in [0.15, 0.2) is 0 Å². The summed E-state index contributed by atoms with van der Waals surface area (Å²) in [6.07, 6.45) is 3.84. The zero-order valence-electron chi connectivity index (χ0n) is 16.4. The van der Waals surface area contributed by atoms with Crippen molar-refractivity contribution < 1.29 is 4.79 Å². The molecule has 9 heteroatoms. The number of H-pyrrole nitrogens is 1. The van der Waals surface area contributed by atoms with E-state index in [1.54, 1.807) is 4.52 Å². The lowest BCUT2D eigenvalue weighted by Gasteiger charge is -2.22. The van der Waals surface area contributed by atoms with Gasteiger partial charge in [0.25, 0.3) is 5.78 Å². The number of carbonyl (C=O) groups is 1. The van der Waals surface area contributed by atoms with Crippen LogP contribution in [-0.4, -0.2) is 35.5 Å².